The molecule has 0 atom stereocenters. The maximum absolute atomic E-state index is 12.3. The highest BCUT2D eigenvalue weighted by molar-refractivity contribution is 5.93. The predicted molar refractivity (Wildman–Crippen MR) is 103 cm³/mol. The Labute approximate surface area is 156 Å². The lowest BCUT2D eigenvalue weighted by Gasteiger charge is -2.02. The molecular weight excluding hydrogens is 340 g/mol. The summed E-state index contributed by atoms with van der Waals surface area (Å²) >= 11 is 0. The van der Waals surface area contributed by atoms with E-state index >= 15 is 0 Å². The maximum atomic E-state index is 12.3. The Morgan fingerprint density at radius 1 is 1.19 bits per heavy atom. The highest BCUT2D eigenvalue weighted by Crippen LogP contribution is 2.17. The lowest BCUT2D eigenvalue weighted by molar-refractivity contribution is 0.0949. The van der Waals surface area contributed by atoms with Gasteiger partial charge in [0, 0.05) is 26.0 Å². The molecule has 0 aliphatic carbocycles. The van der Waals surface area contributed by atoms with Crippen molar-refractivity contribution in [1.29, 1.82) is 0 Å². The van der Waals surface area contributed by atoms with Gasteiger partial charge in [0.1, 0.15) is 11.4 Å². The van der Waals surface area contributed by atoms with Crippen molar-refractivity contribution in [1.82, 2.24) is 29.9 Å². The van der Waals surface area contributed by atoms with Gasteiger partial charge >= 0.3 is 0 Å². The predicted octanol–water partition coefficient (Wildman–Crippen LogP) is 2.57. The molecule has 27 heavy (non-hydrogen) atoms. The van der Waals surface area contributed by atoms with E-state index in [0.29, 0.717) is 18.7 Å². The number of aryl methyl sites for hydroxylation is 1. The fourth-order valence-corrected chi connectivity index (χ4v) is 2.92. The van der Waals surface area contributed by atoms with Crippen LogP contribution in [0.3, 0.4) is 0 Å². The quantitative estimate of drug-likeness (QED) is 0.555. The van der Waals surface area contributed by atoms with Crippen LogP contribution in [-0.2, 0) is 13.5 Å². The van der Waals surface area contributed by atoms with Gasteiger partial charge in [-0.1, -0.05) is 18.2 Å². The number of hydrogen-bond donors (Lipinski definition) is 2. The molecule has 0 fully saturated rings. The molecule has 0 aliphatic heterocycles. The third kappa shape index (κ3) is 3.67. The van der Waals surface area contributed by atoms with E-state index < -0.39 is 0 Å². The topological polar surface area (TPSA) is 80.5 Å². The van der Waals surface area contributed by atoms with E-state index in [1.54, 1.807) is 6.07 Å². The van der Waals surface area contributed by atoms with Crippen molar-refractivity contribution in [3.63, 3.8) is 0 Å². The van der Waals surface area contributed by atoms with Crippen molar-refractivity contribution in [2.24, 2.45) is 7.05 Å². The second kappa shape index (κ2) is 7.33. The van der Waals surface area contributed by atoms with Crippen LogP contribution < -0.4 is 5.32 Å². The fraction of sp³-hybridized carbons (Fsp3) is 0.150. The Balaban J connectivity index is 1.33. The first-order valence-corrected chi connectivity index (χ1v) is 8.75. The third-order valence-electron chi connectivity index (χ3n) is 4.38. The van der Waals surface area contributed by atoms with Crippen LogP contribution in [0.1, 0.15) is 16.1 Å². The van der Waals surface area contributed by atoms with Crippen LogP contribution in [-0.4, -0.2) is 37.0 Å². The van der Waals surface area contributed by atoms with Gasteiger partial charge in [0.25, 0.3) is 5.91 Å². The van der Waals surface area contributed by atoms with E-state index in [9.17, 15) is 4.79 Å². The number of nitrogens with zero attached hydrogens (tertiary/aromatic N) is 4. The number of carbonyl (C=O) groups is 1. The SMILES string of the molecule is Cn1cccc1-c1cc(C(=O)NCCc2cnn(-c3ccccc3)c2)[nH]n1. The first-order chi connectivity index (χ1) is 13.2. The Kier molecular flexibility index (Phi) is 4.57. The molecule has 136 valence electrons. The van der Waals surface area contributed by atoms with Gasteiger partial charge in [0.05, 0.1) is 17.6 Å². The van der Waals surface area contributed by atoms with Crippen LogP contribution in [0.15, 0.2) is 67.1 Å². The first-order valence-electron chi connectivity index (χ1n) is 8.75. The average molecular weight is 360 g/mol. The molecule has 0 bridgehead atoms. The molecular formula is C20H20N6O. The van der Waals surface area contributed by atoms with E-state index in [4.69, 9.17) is 0 Å². The van der Waals surface area contributed by atoms with Gasteiger partial charge in [0.2, 0.25) is 0 Å². The molecule has 0 radical (unpaired) electrons. The van der Waals surface area contributed by atoms with Crippen molar-refractivity contribution in [3.8, 4) is 17.1 Å². The van der Waals surface area contributed by atoms with Crippen LogP contribution in [0.25, 0.3) is 17.1 Å². The van der Waals surface area contributed by atoms with E-state index in [0.717, 1.165) is 22.6 Å². The second-order valence-corrected chi connectivity index (χ2v) is 6.31. The highest BCUT2D eigenvalue weighted by atomic mass is 16.1. The van der Waals surface area contributed by atoms with Crippen LogP contribution in [0, 0.1) is 0 Å². The summed E-state index contributed by atoms with van der Waals surface area (Å²) in [5.41, 5.74) is 4.23. The molecule has 0 saturated carbocycles. The fourth-order valence-electron chi connectivity index (χ4n) is 2.92. The van der Waals surface area contributed by atoms with Gasteiger partial charge in [0.15, 0.2) is 0 Å². The molecule has 3 aromatic heterocycles. The van der Waals surface area contributed by atoms with E-state index in [1.165, 1.54) is 0 Å². The van der Waals surface area contributed by atoms with Crippen molar-refractivity contribution in [3.05, 3.63) is 78.4 Å². The third-order valence-corrected chi connectivity index (χ3v) is 4.38. The summed E-state index contributed by atoms with van der Waals surface area (Å²) in [4.78, 5) is 12.3. The van der Waals surface area contributed by atoms with Crippen LogP contribution in [0.5, 0.6) is 0 Å². The minimum atomic E-state index is -0.168. The summed E-state index contributed by atoms with van der Waals surface area (Å²) in [7, 11) is 1.94. The van der Waals surface area contributed by atoms with Gasteiger partial charge in [-0.15, -0.1) is 0 Å². The molecule has 4 aromatic rings. The number of rotatable bonds is 6. The molecule has 7 nitrogen and oxygen atoms in total. The summed E-state index contributed by atoms with van der Waals surface area (Å²) in [6, 6.07) is 15.6. The van der Waals surface area contributed by atoms with Crippen LogP contribution >= 0.6 is 0 Å². The Hall–Kier alpha value is -3.61. The summed E-state index contributed by atoms with van der Waals surface area (Å²) in [5, 5.41) is 14.3. The second-order valence-electron chi connectivity index (χ2n) is 6.31. The lowest BCUT2D eigenvalue weighted by Crippen LogP contribution is -2.25. The largest absolute Gasteiger partial charge is 0.350 e. The number of hydrogen-bond acceptors (Lipinski definition) is 3. The van der Waals surface area contributed by atoms with Gasteiger partial charge < -0.3 is 9.88 Å². The summed E-state index contributed by atoms with van der Waals surface area (Å²) in [6.45, 7) is 0.526. The van der Waals surface area contributed by atoms with Crippen molar-refractivity contribution in [2.45, 2.75) is 6.42 Å². The maximum Gasteiger partial charge on any atom is 0.269 e. The number of carbonyl (C=O) groups excluding carboxylic acids is 1. The summed E-state index contributed by atoms with van der Waals surface area (Å²) in [5.74, 6) is -0.168. The van der Waals surface area contributed by atoms with Crippen molar-refractivity contribution in [2.75, 3.05) is 6.54 Å². The van der Waals surface area contributed by atoms with Gasteiger partial charge in [-0.2, -0.15) is 10.2 Å². The minimum absolute atomic E-state index is 0.168. The summed E-state index contributed by atoms with van der Waals surface area (Å²) < 4.78 is 3.79. The molecule has 0 saturated heterocycles. The van der Waals surface area contributed by atoms with Crippen molar-refractivity contribution >= 4 is 5.91 Å². The smallest absolute Gasteiger partial charge is 0.269 e. The molecule has 0 spiro atoms. The van der Waals surface area contributed by atoms with Gasteiger partial charge in [-0.25, -0.2) is 4.68 Å². The lowest BCUT2D eigenvalue weighted by atomic mass is 10.2. The standard InChI is InChI=1S/C20H20N6O/c1-25-11-5-8-19(25)17-12-18(24-23-17)20(27)21-10-9-15-13-22-26(14-15)16-6-3-2-4-7-16/h2-8,11-14H,9-10H2,1H3,(H,21,27)(H,23,24). The van der Waals surface area contributed by atoms with Gasteiger partial charge in [-0.3, -0.25) is 9.89 Å². The van der Waals surface area contributed by atoms with E-state index in [-0.39, 0.29) is 5.91 Å². The molecule has 0 unspecified atom stereocenters. The molecule has 1 amide bonds. The molecule has 0 aliphatic rings. The van der Waals surface area contributed by atoms with Gasteiger partial charge in [-0.05, 0) is 42.3 Å². The first kappa shape index (κ1) is 16.8. The number of aromatic amines is 1. The number of para-hydroxylation sites is 1. The molecule has 7 heteroatoms. The Bertz CT molecular complexity index is 1040. The number of benzene rings is 1. The highest BCUT2D eigenvalue weighted by Gasteiger charge is 2.12. The van der Waals surface area contributed by atoms with E-state index in [1.807, 2.05) is 77.4 Å². The van der Waals surface area contributed by atoms with Crippen molar-refractivity contribution < 1.29 is 4.79 Å². The molecule has 1 aromatic carbocycles. The zero-order chi connectivity index (χ0) is 18.6. The minimum Gasteiger partial charge on any atom is -0.350 e. The number of amides is 1. The Morgan fingerprint density at radius 2 is 2.04 bits per heavy atom. The number of H-pyrrole nitrogens is 1. The molecule has 2 N–H and O–H groups in total. The Morgan fingerprint density at radius 3 is 2.81 bits per heavy atom. The zero-order valence-corrected chi connectivity index (χ0v) is 15.0. The number of nitrogens with one attached hydrogen (secondary N) is 2. The van der Waals surface area contributed by atoms with Crippen LogP contribution in [0.2, 0.25) is 0 Å². The van der Waals surface area contributed by atoms with Crippen LogP contribution in [0.4, 0.5) is 0 Å². The van der Waals surface area contributed by atoms with E-state index in [2.05, 4.69) is 20.6 Å². The normalized spacial score (nSPS) is 10.9. The summed E-state index contributed by atoms with van der Waals surface area (Å²) in [6.07, 6.45) is 6.45. The molecule has 4 rings (SSSR count). The monoisotopic (exact) mass is 360 g/mol. The zero-order valence-electron chi connectivity index (χ0n) is 15.0. The average Bonchev–Trinajstić information content (AvgIpc) is 3.42. The molecule has 3 heterocycles. The number of aromatic nitrogens is 5.